The van der Waals surface area contributed by atoms with Crippen molar-refractivity contribution in [2.75, 3.05) is 12.0 Å². The zero-order valence-electron chi connectivity index (χ0n) is 8.13. The minimum atomic E-state index is -3.64. The monoisotopic (exact) mass is 252 g/mol. The van der Waals surface area contributed by atoms with Crippen molar-refractivity contribution < 1.29 is 26.4 Å². The number of sulfone groups is 1. The first-order valence-electron chi connectivity index (χ1n) is 4.07. The highest BCUT2D eigenvalue weighted by Gasteiger charge is 2.21. The summed E-state index contributed by atoms with van der Waals surface area (Å²) in [5, 5.41) is 0. The Morgan fingerprint density at radius 2 is 1.75 bits per heavy atom. The molecular formula is C9H7F3O3S. The fraction of sp³-hybridized carbons (Fsp3) is 0.222. The van der Waals surface area contributed by atoms with Crippen LogP contribution < -0.4 is 0 Å². The molecule has 0 aliphatic rings. The number of benzene rings is 1. The number of hydrogen-bond donors (Lipinski definition) is 0. The highest BCUT2D eigenvalue weighted by atomic mass is 32.2. The average Bonchev–Trinajstić information content (AvgIpc) is 2.11. The lowest BCUT2D eigenvalue weighted by molar-refractivity contribution is 0.101. The molecular weight excluding hydrogens is 245 g/mol. The summed E-state index contributed by atoms with van der Waals surface area (Å²) in [6.45, 7) is 0. The average molecular weight is 252 g/mol. The number of Topliss-reactive ketones (excluding diaryl/α,β-unsaturated/α-hetero) is 1. The number of ketones is 1. The van der Waals surface area contributed by atoms with Crippen LogP contribution in [-0.4, -0.2) is 26.2 Å². The van der Waals surface area contributed by atoms with Crippen molar-refractivity contribution in [1.29, 1.82) is 0 Å². The van der Waals surface area contributed by atoms with E-state index in [1.165, 1.54) is 0 Å². The molecule has 0 fully saturated rings. The van der Waals surface area contributed by atoms with Crippen LogP contribution in [0.5, 0.6) is 0 Å². The normalized spacial score (nSPS) is 11.5. The van der Waals surface area contributed by atoms with Crippen molar-refractivity contribution in [1.82, 2.24) is 0 Å². The van der Waals surface area contributed by atoms with Gasteiger partial charge in [-0.05, 0) is 12.1 Å². The lowest BCUT2D eigenvalue weighted by atomic mass is 10.1. The number of carbonyl (C=O) groups excluding carboxylic acids is 1. The Bertz CT molecular complexity index is 537. The summed E-state index contributed by atoms with van der Waals surface area (Å²) in [5.74, 6) is -6.96. The lowest BCUT2D eigenvalue weighted by Gasteiger charge is -2.02. The van der Waals surface area contributed by atoms with Crippen molar-refractivity contribution in [3.8, 4) is 0 Å². The molecule has 0 aliphatic heterocycles. The third kappa shape index (κ3) is 2.82. The van der Waals surface area contributed by atoms with E-state index in [1.807, 2.05) is 0 Å². The van der Waals surface area contributed by atoms with Crippen molar-refractivity contribution in [3.63, 3.8) is 0 Å². The van der Waals surface area contributed by atoms with Gasteiger partial charge in [0.25, 0.3) is 0 Å². The minimum Gasteiger partial charge on any atom is -0.293 e. The van der Waals surface area contributed by atoms with Crippen molar-refractivity contribution in [2.45, 2.75) is 0 Å². The fourth-order valence-corrected chi connectivity index (χ4v) is 1.69. The largest absolute Gasteiger partial charge is 0.293 e. The highest BCUT2D eigenvalue weighted by molar-refractivity contribution is 7.91. The second-order valence-electron chi connectivity index (χ2n) is 3.22. The van der Waals surface area contributed by atoms with E-state index in [0.29, 0.717) is 12.1 Å². The Kier molecular flexibility index (Phi) is 3.37. The summed E-state index contributed by atoms with van der Waals surface area (Å²) in [7, 11) is -3.64. The van der Waals surface area contributed by atoms with Gasteiger partial charge in [-0.2, -0.15) is 0 Å². The van der Waals surface area contributed by atoms with E-state index in [9.17, 15) is 26.4 Å². The topological polar surface area (TPSA) is 51.2 Å². The van der Waals surface area contributed by atoms with E-state index >= 15 is 0 Å². The van der Waals surface area contributed by atoms with Gasteiger partial charge in [0, 0.05) is 6.26 Å². The predicted molar refractivity (Wildman–Crippen MR) is 50.4 cm³/mol. The first kappa shape index (κ1) is 12.7. The van der Waals surface area contributed by atoms with Crippen LogP contribution in [-0.2, 0) is 9.84 Å². The van der Waals surface area contributed by atoms with Crippen LogP contribution in [0.2, 0.25) is 0 Å². The van der Waals surface area contributed by atoms with Crippen LogP contribution in [0, 0.1) is 17.5 Å². The Labute approximate surface area is 89.8 Å². The second-order valence-corrected chi connectivity index (χ2v) is 5.36. The summed E-state index contributed by atoms with van der Waals surface area (Å²) >= 11 is 0. The third-order valence-electron chi connectivity index (χ3n) is 1.73. The summed E-state index contributed by atoms with van der Waals surface area (Å²) in [4.78, 5) is 11.2. The maximum Gasteiger partial charge on any atom is 0.195 e. The molecule has 7 heteroatoms. The van der Waals surface area contributed by atoms with Gasteiger partial charge in [0.05, 0.1) is 5.56 Å². The van der Waals surface area contributed by atoms with Gasteiger partial charge >= 0.3 is 0 Å². The van der Waals surface area contributed by atoms with Gasteiger partial charge in [0.15, 0.2) is 33.1 Å². The molecule has 1 rings (SSSR count). The molecule has 0 saturated carbocycles. The van der Waals surface area contributed by atoms with Crippen molar-refractivity contribution >= 4 is 15.6 Å². The molecule has 0 aliphatic carbocycles. The molecule has 88 valence electrons. The van der Waals surface area contributed by atoms with Crippen molar-refractivity contribution in [2.24, 2.45) is 0 Å². The lowest BCUT2D eigenvalue weighted by Crippen LogP contribution is -2.16. The fourth-order valence-electron chi connectivity index (χ4n) is 1.06. The van der Waals surface area contributed by atoms with Gasteiger partial charge < -0.3 is 0 Å². The molecule has 0 heterocycles. The van der Waals surface area contributed by atoms with E-state index in [1.54, 1.807) is 0 Å². The summed E-state index contributed by atoms with van der Waals surface area (Å²) in [6, 6.07) is 1.27. The Morgan fingerprint density at radius 3 is 2.25 bits per heavy atom. The van der Waals surface area contributed by atoms with Gasteiger partial charge in [-0.3, -0.25) is 4.79 Å². The number of hydrogen-bond acceptors (Lipinski definition) is 3. The standard InChI is InChI=1S/C9H7F3O3S/c1-16(14,15)4-7(13)5-2-3-6(10)9(12)8(5)11/h2-3H,4H2,1H3. The summed E-state index contributed by atoms with van der Waals surface area (Å²) in [5.41, 5.74) is -0.774. The molecule has 0 atom stereocenters. The molecule has 0 aromatic heterocycles. The van der Waals surface area contributed by atoms with E-state index in [-0.39, 0.29) is 0 Å². The molecule has 0 amide bonds. The van der Waals surface area contributed by atoms with Gasteiger partial charge in [-0.1, -0.05) is 0 Å². The summed E-state index contributed by atoms with van der Waals surface area (Å²) in [6.07, 6.45) is 0.780. The van der Waals surface area contributed by atoms with Gasteiger partial charge in [-0.15, -0.1) is 0 Å². The number of halogens is 3. The number of rotatable bonds is 3. The molecule has 16 heavy (non-hydrogen) atoms. The zero-order valence-corrected chi connectivity index (χ0v) is 8.95. The van der Waals surface area contributed by atoms with Crippen LogP contribution in [0.1, 0.15) is 10.4 Å². The Hall–Kier alpha value is -1.37. The van der Waals surface area contributed by atoms with Crippen LogP contribution >= 0.6 is 0 Å². The molecule has 0 radical (unpaired) electrons. The summed E-state index contributed by atoms with van der Waals surface area (Å²) < 4.78 is 59.8. The van der Waals surface area contributed by atoms with Crippen LogP contribution in [0.25, 0.3) is 0 Å². The van der Waals surface area contributed by atoms with Crippen LogP contribution in [0.15, 0.2) is 12.1 Å². The van der Waals surface area contributed by atoms with Gasteiger partial charge in [0.2, 0.25) is 0 Å². The van der Waals surface area contributed by atoms with Gasteiger partial charge in [0.1, 0.15) is 5.75 Å². The van der Waals surface area contributed by atoms with E-state index in [0.717, 1.165) is 6.26 Å². The smallest absolute Gasteiger partial charge is 0.195 e. The maximum atomic E-state index is 13.1. The molecule has 0 saturated heterocycles. The minimum absolute atomic E-state index is 0.563. The van der Waals surface area contributed by atoms with Crippen LogP contribution in [0.3, 0.4) is 0 Å². The zero-order chi connectivity index (χ0) is 12.5. The predicted octanol–water partition coefficient (Wildman–Crippen LogP) is 1.33. The Balaban J connectivity index is 3.16. The van der Waals surface area contributed by atoms with E-state index < -0.39 is 44.4 Å². The SMILES string of the molecule is CS(=O)(=O)CC(=O)c1ccc(F)c(F)c1F. The quantitative estimate of drug-likeness (QED) is 0.602. The molecule has 0 spiro atoms. The molecule has 0 unspecified atom stereocenters. The van der Waals surface area contributed by atoms with Crippen LogP contribution in [0.4, 0.5) is 13.2 Å². The molecule has 3 nitrogen and oxygen atoms in total. The number of carbonyl (C=O) groups is 1. The first-order chi connectivity index (χ1) is 7.22. The van der Waals surface area contributed by atoms with E-state index in [2.05, 4.69) is 0 Å². The highest BCUT2D eigenvalue weighted by Crippen LogP contribution is 2.16. The van der Waals surface area contributed by atoms with E-state index in [4.69, 9.17) is 0 Å². The second kappa shape index (κ2) is 4.25. The molecule has 0 bridgehead atoms. The Morgan fingerprint density at radius 1 is 1.19 bits per heavy atom. The first-order valence-corrected chi connectivity index (χ1v) is 6.13. The maximum absolute atomic E-state index is 13.1. The third-order valence-corrected chi connectivity index (χ3v) is 2.52. The molecule has 1 aromatic carbocycles. The molecule has 0 N–H and O–H groups in total. The van der Waals surface area contributed by atoms with Gasteiger partial charge in [-0.25, -0.2) is 21.6 Å². The molecule has 1 aromatic rings. The van der Waals surface area contributed by atoms with Crippen molar-refractivity contribution in [3.05, 3.63) is 35.1 Å².